The van der Waals surface area contributed by atoms with E-state index in [4.69, 9.17) is 4.98 Å². The molecule has 0 spiro atoms. The van der Waals surface area contributed by atoms with Gasteiger partial charge in [-0.25, -0.2) is 9.67 Å². The van der Waals surface area contributed by atoms with Gasteiger partial charge in [-0.05, 0) is 43.4 Å². The number of likely N-dealkylation sites (tertiary alicyclic amines) is 1. The van der Waals surface area contributed by atoms with Crippen LogP contribution in [0.25, 0.3) is 11.2 Å². The average Bonchev–Trinajstić information content (AvgIpc) is 3.25. The highest BCUT2D eigenvalue weighted by molar-refractivity contribution is 5.79. The highest BCUT2D eigenvalue weighted by atomic mass is 16.2. The van der Waals surface area contributed by atoms with E-state index in [1.807, 2.05) is 35.2 Å². The minimum atomic E-state index is -0.292. The van der Waals surface area contributed by atoms with E-state index in [1.165, 1.54) is 5.56 Å². The highest BCUT2D eigenvalue weighted by Crippen LogP contribution is 2.25. The first-order valence-corrected chi connectivity index (χ1v) is 11.7. The minimum Gasteiger partial charge on any atom is -0.342 e. The average molecular weight is 457 g/mol. The van der Waals surface area contributed by atoms with Crippen molar-refractivity contribution in [3.8, 4) is 0 Å². The largest absolute Gasteiger partial charge is 0.342 e. The number of aryl methyl sites for hydroxylation is 2. The molecule has 5 rings (SSSR count). The summed E-state index contributed by atoms with van der Waals surface area (Å²) in [6.07, 6.45) is 2.11. The molecule has 2 aromatic carbocycles. The SMILES string of the molecule is Cc1ccc(C)c(Cn2nnc3c(=O)[nH]c([C@@H]4CCCN(C(=O)Cc5ccccc5)C4)nc32)c1. The van der Waals surface area contributed by atoms with Gasteiger partial charge in [-0.2, -0.15) is 0 Å². The summed E-state index contributed by atoms with van der Waals surface area (Å²) in [4.78, 5) is 35.3. The van der Waals surface area contributed by atoms with Crippen LogP contribution in [0.5, 0.6) is 0 Å². The first-order chi connectivity index (χ1) is 16.5. The predicted octanol–water partition coefficient (Wildman–Crippen LogP) is 3.13. The van der Waals surface area contributed by atoms with Crippen LogP contribution in [0.3, 0.4) is 0 Å². The number of nitrogens with zero attached hydrogens (tertiary/aromatic N) is 5. The van der Waals surface area contributed by atoms with Gasteiger partial charge in [-0.3, -0.25) is 9.59 Å². The fraction of sp³-hybridized carbons (Fsp3) is 0.346. The summed E-state index contributed by atoms with van der Waals surface area (Å²) in [6.45, 7) is 5.87. The van der Waals surface area contributed by atoms with E-state index in [-0.39, 0.29) is 22.9 Å². The summed E-state index contributed by atoms with van der Waals surface area (Å²) in [5.74, 6) is 0.662. The number of benzene rings is 2. The van der Waals surface area contributed by atoms with Crippen LogP contribution in [0, 0.1) is 13.8 Å². The normalized spacial score (nSPS) is 16.2. The number of carbonyl (C=O) groups excluding carboxylic acids is 1. The van der Waals surface area contributed by atoms with Gasteiger partial charge in [0.25, 0.3) is 5.56 Å². The summed E-state index contributed by atoms with van der Waals surface area (Å²) in [7, 11) is 0. The van der Waals surface area contributed by atoms with E-state index < -0.39 is 0 Å². The van der Waals surface area contributed by atoms with Crippen molar-refractivity contribution < 1.29 is 4.79 Å². The van der Waals surface area contributed by atoms with E-state index in [2.05, 4.69) is 47.3 Å². The van der Waals surface area contributed by atoms with Crippen molar-refractivity contribution in [1.82, 2.24) is 29.9 Å². The zero-order chi connectivity index (χ0) is 23.7. The molecular formula is C26H28N6O2. The van der Waals surface area contributed by atoms with Crippen LogP contribution in [-0.2, 0) is 17.8 Å². The lowest BCUT2D eigenvalue weighted by Gasteiger charge is -2.32. The van der Waals surface area contributed by atoms with E-state index >= 15 is 0 Å². The maximum atomic E-state index is 12.9. The monoisotopic (exact) mass is 456 g/mol. The molecule has 2 aromatic heterocycles. The lowest BCUT2D eigenvalue weighted by molar-refractivity contribution is -0.131. The smallest absolute Gasteiger partial charge is 0.281 e. The van der Waals surface area contributed by atoms with Crippen LogP contribution in [0.4, 0.5) is 0 Å². The topological polar surface area (TPSA) is 96.8 Å². The van der Waals surface area contributed by atoms with Crippen molar-refractivity contribution >= 4 is 17.1 Å². The number of nitrogens with one attached hydrogen (secondary N) is 1. The molecule has 3 heterocycles. The van der Waals surface area contributed by atoms with E-state index in [1.54, 1.807) is 4.68 Å². The number of hydrogen-bond acceptors (Lipinski definition) is 5. The molecule has 0 aliphatic carbocycles. The summed E-state index contributed by atoms with van der Waals surface area (Å²) in [6, 6.07) is 16.1. The number of aromatic amines is 1. The Labute approximate surface area is 197 Å². The molecule has 1 amide bonds. The van der Waals surface area contributed by atoms with Gasteiger partial charge in [-0.1, -0.05) is 59.3 Å². The summed E-state index contributed by atoms with van der Waals surface area (Å²) >= 11 is 0. The molecule has 1 atom stereocenters. The van der Waals surface area contributed by atoms with Gasteiger partial charge in [0.2, 0.25) is 5.91 Å². The van der Waals surface area contributed by atoms with E-state index in [9.17, 15) is 9.59 Å². The molecule has 1 aliphatic rings. The first kappa shape index (κ1) is 22.0. The number of carbonyl (C=O) groups is 1. The quantitative estimate of drug-likeness (QED) is 0.498. The van der Waals surface area contributed by atoms with Crippen LogP contribution in [0.15, 0.2) is 53.3 Å². The highest BCUT2D eigenvalue weighted by Gasteiger charge is 2.27. The van der Waals surface area contributed by atoms with Crippen molar-refractivity contribution in [1.29, 1.82) is 0 Å². The molecule has 0 bridgehead atoms. The summed E-state index contributed by atoms with van der Waals surface area (Å²) in [5, 5.41) is 8.30. The van der Waals surface area contributed by atoms with Crippen molar-refractivity contribution in [3.63, 3.8) is 0 Å². The van der Waals surface area contributed by atoms with Crippen LogP contribution in [0.2, 0.25) is 0 Å². The summed E-state index contributed by atoms with van der Waals surface area (Å²) < 4.78 is 1.69. The Morgan fingerprint density at radius 2 is 1.97 bits per heavy atom. The molecule has 8 nitrogen and oxygen atoms in total. The first-order valence-electron chi connectivity index (χ1n) is 11.7. The minimum absolute atomic E-state index is 0.0328. The second-order valence-corrected chi connectivity index (χ2v) is 9.14. The fourth-order valence-corrected chi connectivity index (χ4v) is 4.62. The molecule has 1 aliphatic heterocycles. The van der Waals surface area contributed by atoms with E-state index in [0.29, 0.717) is 31.0 Å². The van der Waals surface area contributed by atoms with Crippen LogP contribution in [-0.4, -0.2) is 48.9 Å². The molecule has 4 aromatic rings. The Morgan fingerprint density at radius 3 is 2.79 bits per heavy atom. The third kappa shape index (κ3) is 4.48. The number of rotatable bonds is 5. The van der Waals surface area contributed by atoms with Crippen molar-refractivity contribution in [2.24, 2.45) is 0 Å². The predicted molar refractivity (Wildman–Crippen MR) is 130 cm³/mol. The molecule has 1 saturated heterocycles. The molecule has 0 saturated carbocycles. The third-order valence-electron chi connectivity index (χ3n) is 6.58. The number of amides is 1. The van der Waals surface area contributed by atoms with Crippen LogP contribution >= 0.6 is 0 Å². The molecule has 1 N–H and O–H groups in total. The van der Waals surface area contributed by atoms with Gasteiger partial charge in [0.15, 0.2) is 11.2 Å². The second-order valence-electron chi connectivity index (χ2n) is 9.14. The molecule has 0 radical (unpaired) electrons. The Morgan fingerprint density at radius 1 is 1.15 bits per heavy atom. The lowest BCUT2D eigenvalue weighted by Crippen LogP contribution is -2.40. The molecular weight excluding hydrogens is 428 g/mol. The molecule has 1 fully saturated rings. The van der Waals surface area contributed by atoms with Crippen LogP contribution < -0.4 is 5.56 Å². The lowest BCUT2D eigenvalue weighted by atomic mass is 9.96. The molecule has 8 heteroatoms. The zero-order valence-corrected chi connectivity index (χ0v) is 19.5. The number of aromatic nitrogens is 5. The summed E-state index contributed by atoms with van der Waals surface area (Å²) in [5.41, 5.74) is 4.86. The Hall–Kier alpha value is -3.81. The zero-order valence-electron chi connectivity index (χ0n) is 19.5. The Bertz CT molecular complexity index is 1390. The fourth-order valence-electron chi connectivity index (χ4n) is 4.62. The van der Waals surface area contributed by atoms with Gasteiger partial charge in [0.1, 0.15) is 5.82 Å². The third-order valence-corrected chi connectivity index (χ3v) is 6.58. The van der Waals surface area contributed by atoms with Gasteiger partial charge < -0.3 is 9.88 Å². The van der Waals surface area contributed by atoms with Crippen molar-refractivity contribution in [3.05, 3.63) is 87.0 Å². The Balaban J connectivity index is 1.40. The second kappa shape index (κ2) is 9.21. The molecule has 174 valence electrons. The van der Waals surface area contributed by atoms with Gasteiger partial charge in [-0.15, -0.1) is 5.10 Å². The Kier molecular flexibility index (Phi) is 5.96. The van der Waals surface area contributed by atoms with Crippen molar-refractivity contribution in [2.45, 2.75) is 45.6 Å². The van der Waals surface area contributed by atoms with Crippen molar-refractivity contribution in [2.75, 3.05) is 13.1 Å². The standard InChI is InChI=1S/C26H28N6O2/c1-17-10-11-18(2)21(13-17)16-32-25-23(29-30-32)26(34)28-24(27-25)20-9-6-12-31(15-20)22(33)14-19-7-4-3-5-8-19/h3-5,7-8,10-11,13,20H,6,9,12,14-16H2,1-2H3,(H,27,28,34)/t20-/m1/s1. The maximum absolute atomic E-state index is 12.9. The van der Waals surface area contributed by atoms with Gasteiger partial charge >= 0.3 is 0 Å². The molecule has 0 unspecified atom stereocenters. The number of piperidine rings is 1. The number of hydrogen-bond donors (Lipinski definition) is 1. The van der Waals surface area contributed by atoms with E-state index in [0.717, 1.165) is 36.1 Å². The molecule has 34 heavy (non-hydrogen) atoms. The van der Waals surface area contributed by atoms with Gasteiger partial charge in [0.05, 0.1) is 13.0 Å². The van der Waals surface area contributed by atoms with Gasteiger partial charge in [0, 0.05) is 19.0 Å². The maximum Gasteiger partial charge on any atom is 0.281 e. The van der Waals surface area contributed by atoms with Crippen LogP contribution in [0.1, 0.15) is 46.8 Å². The number of H-pyrrole nitrogens is 1. The number of fused-ring (bicyclic) bond motifs is 1.